The van der Waals surface area contributed by atoms with Gasteiger partial charge in [-0.05, 0) is 6.42 Å². The number of ketones is 1. The molecule has 0 saturated heterocycles. The van der Waals surface area contributed by atoms with Crippen molar-refractivity contribution in [2.75, 3.05) is 0 Å². The number of Topliss-reactive ketones (excluding diaryl/α,β-unsaturated/α-hetero) is 1. The molecule has 5 nitrogen and oxygen atoms in total. The molecule has 0 aliphatic heterocycles. The Balaban J connectivity index is 2.62. The Kier molecular flexibility index (Phi) is 3.14. The molecule has 0 amide bonds. The molecule has 0 aliphatic carbocycles. The molecule has 2 aromatic rings. The molecule has 5 heteroatoms. The third-order valence-corrected chi connectivity index (χ3v) is 3.63. The van der Waals surface area contributed by atoms with E-state index in [0.717, 1.165) is 0 Å². The second kappa shape index (κ2) is 4.50. The highest BCUT2D eigenvalue weighted by Crippen LogP contribution is 2.32. The highest BCUT2D eigenvalue weighted by molar-refractivity contribution is 6.11. The Morgan fingerprint density at radius 2 is 2.11 bits per heavy atom. The van der Waals surface area contributed by atoms with E-state index in [2.05, 4.69) is 4.98 Å². The van der Waals surface area contributed by atoms with Crippen molar-refractivity contribution >= 4 is 22.4 Å². The Morgan fingerprint density at radius 1 is 1.42 bits per heavy atom. The van der Waals surface area contributed by atoms with Gasteiger partial charge in [-0.15, -0.1) is 0 Å². The minimum absolute atomic E-state index is 0.00162. The van der Waals surface area contributed by atoms with Crippen molar-refractivity contribution in [1.29, 1.82) is 0 Å². The maximum Gasteiger partial charge on any atom is 0.293 e. The molecule has 0 bridgehead atoms. The van der Waals surface area contributed by atoms with Crippen molar-refractivity contribution in [2.24, 2.45) is 5.41 Å². The second-order valence-electron chi connectivity index (χ2n) is 5.23. The van der Waals surface area contributed by atoms with Crippen molar-refractivity contribution in [3.05, 3.63) is 40.1 Å². The summed E-state index contributed by atoms with van der Waals surface area (Å²) in [6.45, 7) is 5.71. The van der Waals surface area contributed by atoms with Crippen molar-refractivity contribution in [1.82, 2.24) is 4.98 Å². The van der Waals surface area contributed by atoms with E-state index >= 15 is 0 Å². The first-order valence-electron chi connectivity index (χ1n) is 6.17. The van der Waals surface area contributed by atoms with E-state index in [1.807, 2.05) is 20.8 Å². The van der Waals surface area contributed by atoms with Crippen LogP contribution in [0.3, 0.4) is 0 Å². The van der Waals surface area contributed by atoms with Gasteiger partial charge in [-0.3, -0.25) is 14.9 Å². The summed E-state index contributed by atoms with van der Waals surface area (Å²) in [6.07, 6.45) is 2.28. The van der Waals surface area contributed by atoms with Gasteiger partial charge in [0.25, 0.3) is 5.69 Å². The monoisotopic (exact) mass is 260 g/mol. The predicted octanol–water partition coefficient (Wildman–Crippen LogP) is 3.70. The lowest BCUT2D eigenvalue weighted by Gasteiger charge is -2.20. The van der Waals surface area contributed by atoms with Gasteiger partial charge in [0, 0.05) is 28.6 Å². The largest absolute Gasteiger partial charge is 0.355 e. The number of rotatable bonds is 4. The number of carbonyl (C=O) groups is 1. The molecular weight excluding hydrogens is 244 g/mol. The lowest BCUT2D eigenvalue weighted by atomic mass is 9.82. The van der Waals surface area contributed by atoms with E-state index in [0.29, 0.717) is 22.9 Å². The molecule has 0 atom stereocenters. The smallest absolute Gasteiger partial charge is 0.293 e. The molecule has 19 heavy (non-hydrogen) atoms. The number of non-ortho nitro benzene ring substituents is 1. The molecule has 0 unspecified atom stereocenters. The maximum absolute atomic E-state index is 12.5. The second-order valence-corrected chi connectivity index (χ2v) is 5.23. The summed E-state index contributed by atoms with van der Waals surface area (Å²) in [5.74, 6) is 0.00162. The lowest BCUT2D eigenvalue weighted by Crippen LogP contribution is -2.23. The van der Waals surface area contributed by atoms with Gasteiger partial charge >= 0.3 is 0 Å². The lowest BCUT2D eigenvalue weighted by molar-refractivity contribution is -0.383. The maximum atomic E-state index is 12.5. The quantitative estimate of drug-likeness (QED) is 0.517. The van der Waals surface area contributed by atoms with E-state index in [1.54, 1.807) is 18.3 Å². The number of para-hydroxylation sites is 1. The van der Waals surface area contributed by atoms with Gasteiger partial charge in [0.2, 0.25) is 0 Å². The number of nitrogens with zero attached hydrogens (tertiary/aromatic N) is 1. The molecule has 1 heterocycles. The van der Waals surface area contributed by atoms with Crippen LogP contribution in [-0.2, 0) is 0 Å². The zero-order valence-electron chi connectivity index (χ0n) is 11.2. The fourth-order valence-corrected chi connectivity index (χ4v) is 2.00. The van der Waals surface area contributed by atoms with Gasteiger partial charge < -0.3 is 4.98 Å². The van der Waals surface area contributed by atoms with Crippen LogP contribution in [0, 0.1) is 15.5 Å². The van der Waals surface area contributed by atoms with E-state index in [1.165, 1.54) is 6.07 Å². The standard InChI is InChI=1S/C14H16N2O3/c1-4-14(2,3)13(17)10-8-15-12-9(10)6-5-7-11(12)16(18)19/h5-8,15H,4H2,1-3H3. The van der Waals surface area contributed by atoms with Crippen LogP contribution in [-0.4, -0.2) is 15.7 Å². The van der Waals surface area contributed by atoms with Crippen molar-refractivity contribution in [2.45, 2.75) is 27.2 Å². The fraction of sp³-hybridized carbons (Fsp3) is 0.357. The predicted molar refractivity (Wildman–Crippen MR) is 73.4 cm³/mol. The van der Waals surface area contributed by atoms with E-state index < -0.39 is 10.3 Å². The van der Waals surface area contributed by atoms with Crippen LogP contribution < -0.4 is 0 Å². The minimum atomic E-state index is -0.472. The Labute approximate surface area is 110 Å². The molecule has 100 valence electrons. The summed E-state index contributed by atoms with van der Waals surface area (Å²) in [7, 11) is 0. The summed E-state index contributed by atoms with van der Waals surface area (Å²) in [5, 5.41) is 11.6. The summed E-state index contributed by atoms with van der Waals surface area (Å²) in [6, 6.07) is 4.76. The average molecular weight is 260 g/mol. The zero-order chi connectivity index (χ0) is 14.2. The van der Waals surface area contributed by atoms with Gasteiger partial charge in [0.1, 0.15) is 5.52 Å². The highest BCUT2D eigenvalue weighted by atomic mass is 16.6. The van der Waals surface area contributed by atoms with Crippen molar-refractivity contribution in [3.8, 4) is 0 Å². The minimum Gasteiger partial charge on any atom is -0.355 e. The van der Waals surface area contributed by atoms with Crippen LogP contribution in [0.2, 0.25) is 0 Å². The SMILES string of the molecule is CCC(C)(C)C(=O)c1c[nH]c2c([N+](=O)[O-])cccc12. The van der Waals surface area contributed by atoms with E-state index in [-0.39, 0.29) is 11.5 Å². The molecule has 0 aliphatic rings. The Hall–Kier alpha value is -2.17. The molecule has 1 aromatic heterocycles. The summed E-state index contributed by atoms with van der Waals surface area (Å²) < 4.78 is 0. The number of benzene rings is 1. The van der Waals surface area contributed by atoms with Gasteiger partial charge in [0.15, 0.2) is 5.78 Å². The van der Waals surface area contributed by atoms with E-state index in [9.17, 15) is 14.9 Å². The number of hydrogen-bond donors (Lipinski definition) is 1. The Bertz CT molecular complexity index is 656. The number of nitrogens with one attached hydrogen (secondary N) is 1. The van der Waals surface area contributed by atoms with Gasteiger partial charge in [-0.2, -0.15) is 0 Å². The molecule has 1 aromatic carbocycles. The van der Waals surface area contributed by atoms with E-state index in [4.69, 9.17) is 0 Å². The van der Waals surface area contributed by atoms with Gasteiger partial charge in [0.05, 0.1) is 4.92 Å². The van der Waals surface area contributed by atoms with Crippen LogP contribution in [0.25, 0.3) is 10.9 Å². The summed E-state index contributed by atoms with van der Waals surface area (Å²) >= 11 is 0. The van der Waals surface area contributed by atoms with Crippen molar-refractivity contribution < 1.29 is 9.72 Å². The van der Waals surface area contributed by atoms with Crippen molar-refractivity contribution in [3.63, 3.8) is 0 Å². The zero-order valence-corrected chi connectivity index (χ0v) is 11.2. The number of hydrogen-bond acceptors (Lipinski definition) is 3. The van der Waals surface area contributed by atoms with Crippen LogP contribution >= 0.6 is 0 Å². The number of carbonyl (C=O) groups excluding carboxylic acids is 1. The third-order valence-electron chi connectivity index (χ3n) is 3.63. The molecule has 0 saturated carbocycles. The normalized spacial score (nSPS) is 11.7. The molecule has 0 radical (unpaired) electrons. The average Bonchev–Trinajstić information content (AvgIpc) is 2.80. The molecule has 1 N–H and O–H groups in total. The van der Waals surface area contributed by atoms with Gasteiger partial charge in [-0.1, -0.05) is 32.9 Å². The third kappa shape index (κ3) is 2.12. The van der Waals surface area contributed by atoms with Crippen LogP contribution in [0.1, 0.15) is 37.6 Å². The molecule has 2 rings (SSSR count). The number of nitro benzene ring substituents is 1. The van der Waals surface area contributed by atoms with Crippen LogP contribution in [0.4, 0.5) is 5.69 Å². The number of H-pyrrole nitrogens is 1. The molecule has 0 spiro atoms. The van der Waals surface area contributed by atoms with Crippen LogP contribution in [0.15, 0.2) is 24.4 Å². The number of aromatic nitrogens is 1. The first kappa shape index (κ1) is 13.3. The molecular formula is C14H16N2O3. The number of aromatic amines is 1. The summed E-state index contributed by atoms with van der Waals surface area (Å²) in [4.78, 5) is 25.8. The number of nitro groups is 1. The number of fused-ring (bicyclic) bond motifs is 1. The van der Waals surface area contributed by atoms with Gasteiger partial charge in [-0.25, -0.2) is 0 Å². The Morgan fingerprint density at radius 3 is 2.68 bits per heavy atom. The topological polar surface area (TPSA) is 76.0 Å². The molecule has 0 fully saturated rings. The van der Waals surface area contributed by atoms with Crippen LogP contribution in [0.5, 0.6) is 0 Å². The first-order chi connectivity index (χ1) is 8.88. The first-order valence-corrected chi connectivity index (χ1v) is 6.17. The summed E-state index contributed by atoms with van der Waals surface area (Å²) in [5.41, 5.74) is 0.443. The fourth-order valence-electron chi connectivity index (χ4n) is 2.00. The highest BCUT2D eigenvalue weighted by Gasteiger charge is 2.29.